The molecule has 0 radical (unpaired) electrons. The monoisotopic (exact) mass is 210 g/mol. The van der Waals surface area contributed by atoms with Gasteiger partial charge in [-0.25, -0.2) is 0 Å². The van der Waals surface area contributed by atoms with Gasteiger partial charge in [-0.05, 0) is 36.8 Å². The van der Waals surface area contributed by atoms with E-state index < -0.39 is 0 Å². The smallest absolute Gasteiger partial charge is 0.0580 e. The summed E-state index contributed by atoms with van der Waals surface area (Å²) < 4.78 is 0. The van der Waals surface area contributed by atoms with Gasteiger partial charge < -0.3 is 5.11 Å². The van der Waals surface area contributed by atoms with Crippen LogP contribution in [-0.4, -0.2) is 23.2 Å². The van der Waals surface area contributed by atoms with E-state index in [2.05, 4.69) is 18.4 Å². The standard InChI is InChI=1S/C12H18OS/c1-14-9-5-8-12(13)10-11-6-3-2-4-7-11/h2-4,6-7,12-13H,5,8-10H2,1H3. The Hall–Kier alpha value is -0.470. The molecule has 2 heteroatoms. The van der Waals surface area contributed by atoms with Crippen LogP contribution >= 0.6 is 11.8 Å². The van der Waals surface area contributed by atoms with E-state index in [1.165, 1.54) is 5.56 Å². The third-order valence-electron chi connectivity index (χ3n) is 2.20. The van der Waals surface area contributed by atoms with Crippen molar-refractivity contribution < 1.29 is 5.11 Å². The van der Waals surface area contributed by atoms with Crippen molar-refractivity contribution in [1.29, 1.82) is 0 Å². The maximum atomic E-state index is 9.72. The van der Waals surface area contributed by atoms with E-state index in [0.29, 0.717) is 0 Å². The summed E-state index contributed by atoms with van der Waals surface area (Å²) in [6, 6.07) is 10.2. The average molecular weight is 210 g/mol. The lowest BCUT2D eigenvalue weighted by Crippen LogP contribution is -2.10. The minimum atomic E-state index is -0.176. The summed E-state index contributed by atoms with van der Waals surface area (Å²) in [6.45, 7) is 0. The topological polar surface area (TPSA) is 20.2 Å². The van der Waals surface area contributed by atoms with Crippen LogP contribution in [0, 0.1) is 0 Å². The maximum absolute atomic E-state index is 9.72. The number of rotatable bonds is 6. The lowest BCUT2D eigenvalue weighted by atomic mass is 10.1. The summed E-state index contributed by atoms with van der Waals surface area (Å²) in [5.41, 5.74) is 1.23. The summed E-state index contributed by atoms with van der Waals surface area (Å²) in [4.78, 5) is 0. The molecule has 1 N–H and O–H groups in total. The van der Waals surface area contributed by atoms with Crippen LogP contribution in [0.4, 0.5) is 0 Å². The van der Waals surface area contributed by atoms with Crippen LogP contribution in [0.25, 0.3) is 0 Å². The largest absolute Gasteiger partial charge is 0.393 e. The fourth-order valence-electron chi connectivity index (χ4n) is 1.45. The normalized spacial score (nSPS) is 12.7. The molecule has 0 heterocycles. The zero-order valence-corrected chi connectivity index (χ0v) is 9.46. The Morgan fingerprint density at radius 1 is 1.29 bits per heavy atom. The third kappa shape index (κ3) is 4.68. The number of aliphatic hydroxyl groups excluding tert-OH is 1. The molecule has 0 amide bonds. The van der Waals surface area contributed by atoms with Crippen molar-refractivity contribution in [3.63, 3.8) is 0 Å². The van der Waals surface area contributed by atoms with E-state index in [1.807, 2.05) is 30.0 Å². The van der Waals surface area contributed by atoms with Gasteiger partial charge in [-0.1, -0.05) is 30.3 Å². The van der Waals surface area contributed by atoms with Gasteiger partial charge in [0.25, 0.3) is 0 Å². The van der Waals surface area contributed by atoms with Gasteiger partial charge in [0.15, 0.2) is 0 Å². The van der Waals surface area contributed by atoms with Crippen molar-refractivity contribution in [1.82, 2.24) is 0 Å². The second-order valence-corrected chi connectivity index (χ2v) is 4.46. The Kier molecular flexibility index (Phi) is 5.72. The Morgan fingerprint density at radius 3 is 2.64 bits per heavy atom. The molecular weight excluding hydrogens is 192 g/mol. The molecule has 0 aliphatic carbocycles. The highest BCUT2D eigenvalue weighted by atomic mass is 32.2. The summed E-state index contributed by atoms with van der Waals surface area (Å²) >= 11 is 1.84. The number of thioether (sulfide) groups is 1. The first kappa shape index (κ1) is 11.6. The van der Waals surface area contributed by atoms with Gasteiger partial charge in [0.05, 0.1) is 6.10 Å². The van der Waals surface area contributed by atoms with Crippen LogP contribution in [0.5, 0.6) is 0 Å². The third-order valence-corrected chi connectivity index (χ3v) is 2.90. The average Bonchev–Trinajstić information content (AvgIpc) is 2.20. The molecule has 1 nitrogen and oxygen atoms in total. The molecule has 0 aromatic heterocycles. The Morgan fingerprint density at radius 2 is 2.00 bits per heavy atom. The van der Waals surface area contributed by atoms with Crippen molar-refractivity contribution >= 4 is 11.8 Å². The van der Waals surface area contributed by atoms with E-state index >= 15 is 0 Å². The molecule has 0 fully saturated rings. The van der Waals surface area contributed by atoms with Crippen LogP contribution in [0.3, 0.4) is 0 Å². The number of hydrogen-bond donors (Lipinski definition) is 1. The fourth-order valence-corrected chi connectivity index (χ4v) is 1.91. The first-order valence-electron chi connectivity index (χ1n) is 5.04. The van der Waals surface area contributed by atoms with Gasteiger partial charge in [0, 0.05) is 0 Å². The van der Waals surface area contributed by atoms with Gasteiger partial charge in [-0.2, -0.15) is 11.8 Å². The summed E-state index contributed by atoms with van der Waals surface area (Å²) in [5.74, 6) is 1.14. The summed E-state index contributed by atoms with van der Waals surface area (Å²) in [7, 11) is 0. The van der Waals surface area contributed by atoms with Crippen molar-refractivity contribution in [2.75, 3.05) is 12.0 Å². The van der Waals surface area contributed by atoms with E-state index in [1.54, 1.807) is 0 Å². The molecule has 78 valence electrons. The number of benzene rings is 1. The van der Waals surface area contributed by atoms with Crippen molar-refractivity contribution in [3.8, 4) is 0 Å². The molecular formula is C12H18OS. The van der Waals surface area contributed by atoms with Gasteiger partial charge in [-0.15, -0.1) is 0 Å². The Bertz CT molecular complexity index is 235. The lowest BCUT2D eigenvalue weighted by Gasteiger charge is -2.09. The molecule has 1 aromatic rings. The van der Waals surface area contributed by atoms with Gasteiger partial charge in [0.1, 0.15) is 0 Å². The quantitative estimate of drug-likeness (QED) is 0.729. The minimum absolute atomic E-state index is 0.176. The summed E-state index contributed by atoms with van der Waals surface area (Å²) in [5, 5.41) is 9.72. The van der Waals surface area contributed by atoms with E-state index in [-0.39, 0.29) is 6.10 Å². The molecule has 0 aliphatic rings. The molecule has 0 saturated carbocycles. The second-order valence-electron chi connectivity index (χ2n) is 3.48. The molecule has 0 spiro atoms. The number of aliphatic hydroxyl groups is 1. The molecule has 1 unspecified atom stereocenters. The molecule has 14 heavy (non-hydrogen) atoms. The molecule has 1 atom stereocenters. The Labute approximate surface area is 90.5 Å². The second kappa shape index (κ2) is 6.91. The first-order chi connectivity index (χ1) is 6.83. The highest BCUT2D eigenvalue weighted by Crippen LogP contribution is 2.09. The highest BCUT2D eigenvalue weighted by Gasteiger charge is 2.04. The van der Waals surface area contributed by atoms with Crippen LogP contribution in [-0.2, 0) is 6.42 Å². The molecule has 1 rings (SSSR count). The SMILES string of the molecule is CSCCCC(O)Cc1ccccc1. The minimum Gasteiger partial charge on any atom is -0.393 e. The van der Waals surface area contributed by atoms with Crippen LogP contribution in [0.2, 0.25) is 0 Å². The van der Waals surface area contributed by atoms with Crippen LogP contribution < -0.4 is 0 Å². The lowest BCUT2D eigenvalue weighted by molar-refractivity contribution is 0.164. The van der Waals surface area contributed by atoms with E-state index in [9.17, 15) is 5.11 Å². The zero-order valence-electron chi connectivity index (χ0n) is 8.65. The first-order valence-corrected chi connectivity index (χ1v) is 6.43. The van der Waals surface area contributed by atoms with Gasteiger partial charge in [-0.3, -0.25) is 0 Å². The Balaban J connectivity index is 2.23. The zero-order chi connectivity index (χ0) is 10.2. The highest BCUT2D eigenvalue weighted by molar-refractivity contribution is 7.98. The molecule has 0 saturated heterocycles. The molecule has 1 aromatic carbocycles. The number of hydrogen-bond acceptors (Lipinski definition) is 2. The van der Waals surface area contributed by atoms with Crippen molar-refractivity contribution in [2.45, 2.75) is 25.4 Å². The predicted molar refractivity (Wildman–Crippen MR) is 63.8 cm³/mol. The van der Waals surface area contributed by atoms with E-state index in [0.717, 1.165) is 25.0 Å². The molecule has 0 aliphatic heterocycles. The molecule has 0 bridgehead atoms. The van der Waals surface area contributed by atoms with Crippen molar-refractivity contribution in [3.05, 3.63) is 35.9 Å². The van der Waals surface area contributed by atoms with Crippen LogP contribution in [0.15, 0.2) is 30.3 Å². The maximum Gasteiger partial charge on any atom is 0.0580 e. The predicted octanol–water partition coefficient (Wildman–Crippen LogP) is 2.73. The summed E-state index contributed by atoms with van der Waals surface area (Å²) in [6.07, 6.45) is 4.73. The van der Waals surface area contributed by atoms with Crippen molar-refractivity contribution in [2.24, 2.45) is 0 Å². The fraction of sp³-hybridized carbons (Fsp3) is 0.500. The van der Waals surface area contributed by atoms with Crippen LogP contribution in [0.1, 0.15) is 18.4 Å². The van der Waals surface area contributed by atoms with Gasteiger partial charge >= 0.3 is 0 Å². The van der Waals surface area contributed by atoms with Gasteiger partial charge in [0.2, 0.25) is 0 Å². The van der Waals surface area contributed by atoms with E-state index in [4.69, 9.17) is 0 Å².